The summed E-state index contributed by atoms with van der Waals surface area (Å²) in [5.74, 6) is -0.738. The summed E-state index contributed by atoms with van der Waals surface area (Å²) >= 11 is 0. The number of carbonyl (C=O) groups is 2. The molecule has 7 heteroatoms. The minimum Gasteiger partial charge on any atom is -0.496 e. The van der Waals surface area contributed by atoms with Crippen molar-refractivity contribution in [2.45, 2.75) is 20.0 Å². The maximum Gasteiger partial charge on any atom is 0.339 e. The minimum atomic E-state index is -1.04. The Bertz CT molecular complexity index is 1350. The molecule has 0 saturated carbocycles. The number of benzene rings is 2. The average Bonchev–Trinajstić information content (AvgIpc) is 3.48. The van der Waals surface area contributed by atoms with Crippen LogP contribution in [0.2, 0.25) is 0 Å². The van der Waals surface area contributed by atoms with Gasteiger partial charge in [-0.1, -0.05) is 48.0 Å². The Labute approximate surface area is 197 Å². The van der Waals surface area contributed by atoms with E-state index in [0.717, 1.165) is 11.3 Å². The second-order valence-corrected chi connectivity index (χ2v) is 7.88. The summed E-state index contributed by atoms with van der Waals surface area (Å²) in [4.78, 5) is 24.5. The number of carboxylic acid groups (broad SMARTS) is 1. The van der Waals surface area contributed by atoms with E-state index in [2.05, 4.69) is 5.10 Å². The maximum absolute atomic E-state index is 12.9. The van der Waals surface area contributed by atoms with Crippen LogP contribution in [0.25, 0.3) is 6.08 Å². The van der Waals surface area contributed by atoms with E-state index in [-0.39, 0.29) is 11.3 Å². The second kappa shape index (κ2) is 10.0. The molecule has 4 aromatic rings. The Morgan fingerprint density at radius 2 is 1.82 bits per heavy atom. The first-order valence-corrected chi connectivity index (χ1v) is 10.8. The molecule has 0 atom stereocenters. The molecule has 2 aromatic heterocycles. The SMILES string of the molecule is COc1cccc(Cn2ccc(/C=C/Cn3cccc3C(=O)c3ccc(C)cc3)n2)c1C(=O)O. The van der Waals surface area contributed by atoms with Crippen molar-refractivity contribution >= 4 is 17.8 Å². The number of aryl methyl sites for hydroxylation is 1. The van der Waals surface area contributed by atoms with E-state index in [1.807, 2.05) is 72.3 Å². The lowest BCUT2D eigenvalue weighted by Crippen LogP contribution is -2.09. The van der Waals surface area contributed by atoms with Crippen molar-refractivity contribution in [3.8, 4) is 5.75 Å². The van der Waals surface area contributed by atoms with Gasteiger partial charge in [0.1, 0.15) is 11.3 Å². The Kier molecular flexibility index (Phi) is 6.73. The van der Waals surface area contributed by atoms with Crippen LogP contribution in [0.3, 0.4) is 0 Å². The molecule has 0 saturated heterocycles. The quantitative estimate of drug-likeness (QED) is 0.370. The number of nitrogens with zero attached hydrogens (tertiary/aromatic N) is 3. The van der Waals surface area contributed by atoms with Gasteiger partial charge in [-0.15, -0.1) is 0 Å². The first kappa shape index (κ1) is 22.8. The van der Waals surface area contributed by atoms with Crippen LogP contribution >= 0.6 is 0 Å². The number of aromatic nitrogens is 3. The number of methoxy groups -OCH3 is 1. The standard InChI is InChI=1S/C27H25N3O4/c1-19-10-12-20(13-11-19)26(31)23-8-5-16-29(23)15-4-7-22-14-17-30(28-22)18-21-6-3-9-24(34-2)25(21)27(32)33/h3-14,16-17H,15,18H2,1-2H3,(H,32,33)/b7-4+. The van der Waals surface area contributed by atoms with E-state index in [0.29, 0.717) is 35.7 Å². The Morgan fingerprint density at radius 3 is 2.56 bits per heavy atom. The van der Waals surface area contributed by atoms with Gasteiger partial charge in [-0.25, -0.2) is 4.79 Å². The normalized spacial score (nSPS) is 11.1. The largest absolute Gasteiger partial charge is 0.496 e. The van der Waals surface area contributed by atoms with Crippen molar-refractivity contribution in [3.63, 3.8) is 0 Å². The molecule has 0 amide bonds. The van der Waals surface area contributed by atoms with Crippen LogP contribution in [0.15, 0.2) is 79.1 Å². The van der Waals surface area contributed by atoms with Gasteiger partial charge in [0.25, 0.3) is 0 Å². The molecule has 2 heterocycles. The van der Waals surface area contributed by atoms with Crippen molar-refractivity contribution in [2.24, 2.45) is 0 Å². The van der Waals surface area contributed by atoms with E-state index in [1.165, 1.54) is 7.11 Å². The van der Waals surface area contributed by atoms with Crippen LogP contribution in [0, 0.1) is 6.92 Å². The van der Waals surface area contributed by atoms with Gasteiger partial charge in [-0.3, -0.25) is 9.48 Å². The molecule has 0 spiro atoms. The average molecular weight is 456 g/mol. The Balaban J connectivity index is 1.44. The van der Waals surface area contributed by atoms with E-state index < -0.39 is 5.97 Å². The van der Waals surface area contributed by atoms with Gasteiger partial charge in [0.05, 0.1) is 25.0 Å². The van der Waals surface area contributed by atoms with E-state index in [9.17, 15) is 14.7 Å². The summed E-state index contributed by atoms with van der Waals surface area (Å²) in [7, 11) is 1.45. The van der Waals surface area contributed by atoms with Crippen LogP contribution in [0.4, 0.5) is 0 Å². The van der Waals surface area contributed by atoms with E-state index in [4.69, 9.17) is 4.74 Å². The highest BCUT2D eigenvalue weighted by Gasteiger charge is 2.16. The molecule has 7 nitrogen and oxygen atoms in total. The predicted molar refractivity (Wildman–Crippen MR) is 129 cm³/mol. The molecule has 172 valence electrons. The zero-order valence-electron chi connectivity index (χ0n) is 19.0. The lowest BCUT2D eigenvalue weighted by molar-refractivity contribution is 0.0691. The lowest BCUT2D eigenvalue weighted by Gasteiger charge is -2.10. The monoisotopic (exact) mass is 455 g/mol. The molecular formula is C27H25N3O4. The number of hydrogen-bond donors (Lipinski definition) is 1. The number of ether oxygens (including phenoxy) is 1. The first-order valence-electron chi connectivity index (χ1n) is 10.8. The fourth-order valence-electron chi connectivity index (χ4n) is 3.77. The minimum absolute atomic E-state index is 0.0183. The number of ketones is 1. The van der Waals surface area contributed by atoms with Gasteiger partial charge in [0.15, 0.2) is 0 Å². The zero-order chi connectivity index (χ0) is 24.1. The third-order valence-electron chi connectivity index (χ3n) is 5.51. The molecule has 4 rings (SSSR count). The molecule has 0 aliphatic heterocycles. The third-order valence-corrected chi connectivity index (χ3v) is 5.51. The molecule has 0 fully saturated rings. The highest BCUT2D eigenvalue weighted by atomic mass is 16.5. The first-order chi connectivity index (χ1) is 16.5. The molecule has 1 N–H and O–H groups in total. The molecule has 0 unspecified atom stereocenters. The van der Waals surface area contributed by atoms with Crippen LogP contribution in [0.1, 0.15) is 43.2 Å². The van der Waals surface area contributed by atoms with Crippen molar-refractivity contribution in [2.75, 3.05) is 7.11 Å². The van der Waals surface area contributed by atoms with E-state index >= 15 is 0 Å². The summed E-state index contributed by atoms with van der Waals surface area (Å²) in [6.07, 6.45) is 7.49. The van der Waals surface area contributed by atoms with Crippen molar-refractivity contribution in [1.29, 1.82) is 0 Å². The van der Waals surface area contributed by atoms with Gasteiger partial charge < -0.3 is 14.4 Å². The highest BCUT2D eigenvalue weighted by Crippen LogP contribution is 2.23. The van der Waals surface area contributed by atoms with Gasteiger partial charge in [-0.05, 0) is 42.8 Å². The number of carbonyl (C=O) groups excluding carboxylic acids is 1. The van der Waals surface area contributed by atoms with Crippen LogP contribution in [-0.2, 0) is 13.1 Å². The molecule has 0 aliphatic carbocycles. The van der Waals surface area contributed by atoms with Crippen molar-refractivity contribution < 1.29 is 19.4 Å². The number of rotatable bonds is 9. The molecule has 0 aliphatic rings. The van der Waals surface area contributed by atoms with Crippen molar-refractivity contribution in [1.82, 2.24) is 14.3 Å². The third kappa shape index (κ3) is 4.99. The van der Waals surface area contributed by atoms with E-state index in [1.54, 1.807) is 29.1 Å². The summed E-state index contributed by atoms with van der Waals surface area (Å²) in [6.45, 7) is 2.82. The fraction of sp³-hybridized carbons (Fsp3) is 0.148. The van der Waals surface area contributed by atoms with Gasteiger partial charge in [-0.2, -0.15) is 5.10 Å². The molecule has 0 bridgehead atoms. The second-order valence-electron chi connectivity index (χ2n) is 7.88. The molecule has 34 heavy (non-hydrogen) atoms. The summed E-state index contributed by atoms with van der Waals surface area (Å²) in [5.41, 5.74) is 3.87. The Hall–Kier alpha value is -4.39. The Morgan fingerprint density at radius 1 is 1.03 bits per heavy atom. The maximum atomic E-state index is 12.9. The number of hydrogen-bond acceptors (Lipinski definition) is 4. The predicted octanol–water partition coefficient (Wildman–Crippen LogP) is 4.69. The van der Waals surface area contributed by atoms with Crippen LogP contribution < -0.4 is 4.74 Å². The van der Waals surface area contributed by atoms with Crippen LogP contribution in [0.5, 0.6) is 5.75 Å². The molecular weight excluding hydrogens is 430 g/mol. The molecule has 2 aromatic carbocycles. The van der Waals surface area contributed by atoms with Crippen LogP contribution in [-0.4, -0.2) is 38.3 Å². The topological polar surface area (TPSA) is 86.4 Å². The highest BCUT2D eigenvalue weighted by molar-refractivity contribution is 6.08. The smallest absolute Gasteiger partial charge is 0.339 e. The van der Waals surface area contributed by atoms with Gasteiger partial charge in [0, 0.05) is 24.5 Å². The number of carboxylic acids is 1. The number of aromatic carboxylic acids is 1. The van der Waals surface area contributed by atoms with Crippen molar-refractivity contribution in [3.05, 3.63) is 113 Å². The molecule has 0 radical (unpaired) electrons. The summed E-state index contributed by atoms with van der Waals surface area (Å²) < 4.78 is 8.77. The summed E-state index contributed by atoms with van der Waals surface area (Å²) in [5, 5.41) is 14.1. The lowest BCUT2D eigenvalue weighted by atomic mass is 10.1. The van der Waals surface area contributed by atoms with Gasteiger partial charge in [0.2, 0.25) is 5.78 Å². The summed E-state index contributed by atoms with van der Waals surface area (Å²) in [6, 6.07) is 18.2. The number of allylic oxidation sites excluding steroid dienone is 1. The zero-order valence-corrected chi connectivity index (χ0v) is 19.0. The van der Waals surface area contributed by atoms with Gasteiger partial charge >= 0.3 is 5.97 Å². The fourth-order valence-corrected chi connectivity index (χ4v) is 3.77.